The van der Waals surface area contributed by atoms with Crippen molar-refractivity contribution in [1.29, 1.82) is 0 Å². The monoisotopic (exact) mass is 457 g/mol. The van der Waals surface area contributed by atoms with Crippen LogP contribution in [0.1, 0.15) is 16.8 Å². The molecule has 0 radical (unpaired) electrons. The Labute approximate surface area is 185 Å². The minimum absolute atomic E-state index is 0.427. The topological polar surface area (TPSA) is 114 Å². The van der Waals surface area contributed by atoms with Crippen LogP contribution >= 0.6 is 0 Å². The first-order valence-corrected chi connectivity index (χ1v) is 9.92. The fourth-order valence-electron chi connectivity index (χ4n) is 3.48. The highest BCUT2D eigenvalue weighted by molar-refractivity contribution is 5.80. The van der Waals surface area contributed by atoms with E-state index in [2.05, 4.69) is 25.4 Å². The lowest BCUT2D eigenvalue weighted by Crippen LogP contribution is -2.24. The van der Waals surface area contributed by atoms with Crippen LogP contribution in [0.4, 0.5) is 13.2 Å². The standard InChI is InChI=1S/C20H17N5O.C2HF3O2/c1-12-18(15-8-9-21-10-14(15)11-22-12)19-24-20(26-25-19)17-7-6-13-4-2-3-5-16(13)23-17;3-2(4,5)1(6)7/h2-7,11,21H,8-10H2,1H3;(H,6,7). The fraction of sp³-hybridized carbons (Fsp3) is 0.227. The number of para-hydroxylation sites is 1. The van der Waals surface area contributed by atoms with Crippen molar-refractivity contribution in [3.63, 3.8) is 0 Å². The molecule has 8 nitrogen and oxygen atoms in total. The van der Waals surface area contributed by atoms with Gasteiger partial charge in [-0.2, -0.15) is 18.2 Å². The zero-order chi connectivity index (χ0) is 23.6. The van der Waals surface area contributed by atoms with Gasteiger partial charge in [0.1, 0.15) is 5.69 Å². The van der Waals surface area contributed by atoms with Gasteiger partial charge in [0.25, 0.3) is 5.89 Å². The van der Waals surface area contributed by atoms with Gasteiger partial charge in [0.05, 0.1) is 5.52 Å². The highest BCUT2D eigenvalue weighted by Gasteiger charge is 2.38. The Morgan fingerprint density at radius 2 is 1.91 bits per heavy atom. The van der Waals surface area contributed by atoms with Gasteiger partial charge in [-0.1, -0.05) is 29.4 Å². The van der Waals surface area contributed by atoms with E-state index >= 15 is 0 Å². The van der Waals surface area contributed by atoms with E-state index in [1.54, 1.807) is 0 Å². The summed E-state index contributed by atoms with van der Waals surface area (Å²) in [6, 6.07) is 11.9. The van der Waals surface area contributed by atoms with E-state index in [0.717, 1.165) is 41.7 Å². The Kier molecular flexibility index (Phi) is 6.05. The third kappa shape index (κ3) is 4.82. The molecule has 0 atom stereocenters. The fourth-order valence-corrected chi connectivity index (χ4v) is 3.48. The molecule has 3 aromatic heterocycles. The lowest BCUT2D eigenvalue weighted by atomic mass is 9.95. The molecule has 1 aliphatic rings. The molecular weight excluding hydrogens is 439 g/mol. The van der Waals surface area contributed by atoms with E-state index in [0.29, 0.717) is 17.4 Å². The van der Waals surface area contributed by atoms with E-state index in [1.807, 2.05) is 49.5 Å². The molecule has 11 heteroatoms. The molecule has 4 heterocycles. The van der Waals surface area contributed by atoms with Gasteiger partial charge in [-0.15, -0.1) is 0 Å². The predicted octanol–water partition coefficient (Wildman–Crippen LogP) is 3.93. The molecule has 1 aromatic carbocycles. The number of rotatable bonds is 2. The van der Waals surface area contributed by atoms with Crippen LogP contribution in [-0.4, -0.2) is 43.9 Å². The molecule has 0 spiro atoms. The summed E-state index contributed by atoms with van der Waals surface area (Å²) < 4.78 is 37.3. The van der Waals surface area contributed by atoms with Gasteiger partial charge in [0.15, 0.2) is 0 Å². The second kappa shape index (κ2) is 8.94. The first-order valence-electron chi connectivity index (χ1n) is 9.92. The summed E-state index contributed by atoms with van der Waals surface area (Å²) in [6.45, 7) is 3.76. The van der Waals surface area contributed by atoms with Crippen molar-refractivity contribution >= 4 is 16.9 Å². The molecule has 33 heavy (non-hydrogen) atoms. The number of nitrogens with one attached hydrogen (secondary N) is 1. The number of carbonyl (C=O) groups is 1. The van der Waals surface area contributed by atoms with Gasteiger partial charge in [0.2, 0.25) is 5.82 Å². The van der Waals surface area contributed by atoms with Crippen LogP contribution in [0.3, 0.4) is 0 Å². The number of alkyl halides is 3. The smallest absolute Gasteiger partial charge is 0.475 e. The summed E-state index contributed by atoms with van der Waals surface area (Å²) in [5.41, 5.74) is 5.96. The van der Waals surface area contributed by atoms with Crippen molar-refractivity contribution in [2.24, 2.45) is 0 Å². The minimum Gasteiger partial charge on any atom is -0.475 e. The number of carboxylic acid groups (broad SMARTS) is 1. The number of hydrogen-bond donors (Lipinski definition) is 2. The summed E-state index contributed by atoms with van der Waals surface area (Å²) in [4.78, 5) is 22.7. The number of nitrogens with zero attached hydrogens (tertiary/aromatic N) is 4. The summed E-state index contributed by atoms with van der Waals surface area (Å²) >= 11 is 0. The summed E-state index contributed by atoms with van der Waals surface area (Å²) in [5.74, 6) is -1.75. The van der Waals surface area contributed by atoms with Crippen LogP contribution in [0.25, 0.3) is 33.9 Å². The summed E-state index contributed by atoms with van der Waals surface area (Å²) in [6.07, 6.45) is -2.21. The van der Waals surface area contributed by atoms with Crippen molar-refractivity contribution in [2.75, 3.05) is 6.54 Å². The molecule has 4 aromatic rings. The molecule has 5 rings (SSSR count). The van der Waals surface area contributed by atoms with Gasteiger partial charge in [-0.05, 0) is 43.1 Å². The van der Waals surface area contributed by atoms with Gasteiger partial charge in [0, 0.05) is 29.4 Å². The maximum atomic E-state index is 10.6. The minimum atomic E-state index is -5.08. The Bertz CT molecular complexity index is 1320. The van der Waals surface area contributed by atoms with Gasteiger partial charge in [-0.25, -0.2) is 9.78 Å². The number of pyridine rings is 2. The van der Waals surface area contributed by atoms with E-state index in [1.165, 1.54) is 11.1 Å². The lowest BCUT2D eigenvalue weighted by molar-refractivity contribution is -0.192. The first-order chi connectivity index (χ1) is 15.7. The number of halogens is 3. The second-order valence-corrected chi connectivity index (χ2v) is 7.26. The van der Waals surface area contributed by atoms with E-state index in [-0.39, 0.29) is 0 Å². The number of hydrogen-bond acceptors (Lipinski definition) is 7. The number of carboxylic acids is 1. The third-order valence-corrected chi connectivity index (χ3v) is 5.04. The van der Waals surface area contributed by atoms with Crippen molar-refractivity contribution in [3.05, 3.63) is 59.4 Å². The van der Waals surface area contributed by atoms with E-state index < -0.39 is 12.1 Å². The number of aliphatic carboxylic acids is 1. The quantitative estimate of drug-likeness (QED) is 0.465. The zero-order valence-corrected chi connectivity index (χ0v) is 17.3. The van der Waals surface area contributed by atoms with Gasteiger partial charge < -0.3 is 14.9 Å². The molecule has 0 saturated carbocycles. The van der Waals surface area contributed by atoms with Crippen LogP contribution in [0.5, 0.6) is 0 Å². The largest absolute Gasteiger partial charge is 0.490 e. The maximum absolute atomic E-state index is 10.6. The molecule has 0 unspecified atom stereocenters. The molecule has 0 fully saturated rings. The predicted molar refractivity (Wildman–Crippen MR) is 112 cm³/mol. The molecular formula is C22H18F3N5O3. The van der Waals surface area contributed by atoms with Crippen molar-refractivity contribution in [3.8, 4) is 23.0 Å². The molecule has 0 bridgehead atoms. The number of benzene rings is 1. The van der Waals surface area contributed by atoms with E-state index in [4.69, 9.17) is 14.4 Å². The normalized spacial score (nSPS) is 13.2. The van der Waals surface area contributed by atoms with Crippen LogP contribution < -0.4 is 5.32 Å². The molecule has 0 aliphatic carbocycles. The summed E-state index contributed by atoms with van der Waals surface area (Å²) in [7, 11) is 0. The highest BCUT2D eigenvalue weighted by atomic mass is 19.4. The Balaban J connectivity index is 0.000000325. The number of aryl methyl sites for hydroxylation is 1. The SMILES string of the molecule is Cc1ncc2c(c1-c1noc(-c3ccc4ccccc4n3)n1)CCNC2.O=C(O)C(F)(F)F. The molecule has 170 valence electrons. The van der Waals surface area contributed by atoms with Gasteiger partial charge >= 0.3 is 12.1 Å². The third-order valence-electron chi connectivity index (χ3n) is 5.04. The second-order valence-electron chi connectivity index (χ2n) is 7.26. The van der Waals surface area contributed by atoms with Crippen molar-refractivity contribution in [2.45, 2.75) is 26.1 Å². The first kappa shape index (κ1) is 22.3. The van der Waals surface area contributed by atoms with Crippen LogP contribution in [0.15, 0.2) is 47.1 Å². The van der Waals surface area contributed by atoms with E-state index in [9.17, 15) is 13.2 Å². The Hall–Kier alpha value is -3.86. The summed E-state index contributed by atoms with van der Waals surface area (Å²) in [5, 5.41) is 15.8. The van der Waals surface area contributed by atoms with Crippen molar-refractivity contribution < 1.29 is 27.6 Å². The molecule has 0 saturated heterocycles. The Morgan fingerprint density at radius 3 is 2.67 bits per heavy atom. The number of fused-ring (bicyclic) bond motifs is 2. The molecule has 1 aliphatic heterocycles. The van der Waals surface area contributed by atoms with Crippen LogP contribution in [0, 0.1) is 6.92 Å². The van der Waals surface area contributed by atoms with Crippen molar-refractivity contribution in [1.82, 2.24) is 25.4 Å². The average molecular weight is 457 g/mol. The lowest BCUT2D eigenvalue weighted by Gasteiger charge is -2.19. The maximum Gasteiger partial charge on any atom is 0.490 e. The molecule has 2 N–H and O–H groups in total. The Morgan fingerprint density at radius 1 is 1.15 bits per heavy atom. The molecule has 0 amide bonds. The zero-order valence-electron chi connectivity index (χ0n) is 17.3. The van der Waals surface area contributed by atoms with Crippen LogP contribution in [0.2, 0.25) is 0 Å². The van der Waals surface area contributed by atoms with Gasteiger partial charge in [-0.3, -0.25) is 4.98 Å². The highest BCUT2D eigenvalue weighted by Crippen LogP contribution is 2.30. The average Bonchev–Trinajstić information content (AvgIpc) is 3.28. The number of aromatic nitrogens is 4. The van der Waals surface area contributed by atoms with Crippen LogP contribution in [-0.2, 0) is 17.8 Å².